The molecule has 1 N–H and O–H groups in total. The van der Waals surface area contributed by atoms with Gasteiger partial charge in [-0.3, -0.25) is 10.1 Å². The summed E-state index contributed by atoms with van der Waals surface area (Å²) in [5, 5.41) is 7.18. The Hall–Kier alpha value is -3.26. The van der Waals surface area contributed by atoms with Crippen LogP contribution in [-0.2, 0) is 6.61 Å². The maximum atomic E-state index is 12.7. The van der Waals surface area contributed by atoms with Crippen molar-refractivity contribution in [2.75, 3.05) is 5.32 Å². The first-order valence-corrected chi connectivity index (χ1v) is 9.10. The molecule has 0 aliphatic carbocycles. The molecule has 0 fully saturated rings. The Kier molecular flexibility index (Phi) is 4.55. The first-order valence-electron chi connectivity index (χ1n) is 8.28. The molecule has 7 nitrogen and oxygen atoms in total. The Morgan fingerprint density at radius 2 is 2.04 bits per heavy atom. The number of aryl methyl sites for hydroxylation is 2. The molecule has 1 amide bonds. The summed E-state index contributed by atoms with van der Waals surface area (Å²) < 4.78 is 11.7. The number of carbonyl (C=O) groups is 1. The summed E-state index contributed by atoms with van der Waals surface area (Å²) >= 11 is 1.44. The summed E-state index contributed by atoms with van der Waals surface area (Å²) in [4.78, 5) is 21.3. The van der Waals surface area contributed by atoms with E-state index >= 15 is 0 Å². The average molecular weight is 380 g/mol. The average Bonchev–Trinajstić information content (AvgIpc) is 3.25. The smallest absolute Gasteiger partial charge is 0.261 e. The van der Waals surface area contributed by atoms with Crippen LogP contribution in [0.4, 0.5) is 5.13 Å². The highest BCUT2D eigenvalue weighted by Gasteiger charge is 2.15. The standard InChI is InChI=1S/C19H16N4O3S/c1-11-7-8-14-16(9-11)27-19(21-14)22-18(24)13-5-3-4-6-15(13)25-10-17-20-12(2)26-23-17/h3-9H,10H2,1-2H3,(H,21,22,24). The van der Waals surface area contributed by atoms with Crippen LogP contribution < -0.4 is 10.1 Å². The lowest BCUT2D eigenvalue weighted by Crippen LogP contribution is -2.13. The number of carbonyl (C=O) groups excluding carboxylic acids is 1. The number of hydrogen-bond acceptors (Lipinski definition) is 7. The highest BCUT2D eigenvalue weighted by atomic mass is 32.1. The van der Waals surface area contributed by atoms with Crippen LogP contribution in [0, 0.1) is 13.8 Å². The molecule has 136 valence electrons. The molecule has 27 heavy (non-hydrogen) atoms. The van der Waals surface area contributed by atoms with Gasteiger partial charge in [0.1, 0.15) is 5.75 Å². The lowest BCUT2D eigenvalue weighted by atomic mass is 10.2. The minimum absolute atomic E-state index is 0.113. The van der Waals surface area contributed by atoms with E-state index in [2.05, 4.69) is 20.4 Å². The third-order valence-electron chi connectivity index (χ3n) is 3.82. The number of amides is 1. The maximum Gasteiger partial charge on any atom is 0.261 e. The molecule has 0 atom stereocenters. The number of ether oxygens (including phenoxy) is 1. The lowest BCUT2D eigenvalue weighted by Gasteiger charge is -2.09. The molecule has 0 saturated heterocycles. The van der Waals surface area contributed by atoms with Crippen molar-refractivity contribution in [3.05, 3.63) is 65.3 Å². The molecule has 2 aromatic carbocycles. The number of hydrogen-bond donors (Lipinski definition) is 1. The number of fused-ring (bicyclic) bond motifs is 1. The molecule has 0 radical (unpaired) electrons. The van der Waals surface area contributed by atoms with E-state index in [9.17, 15) is 4.79 Å². The Morgan fingerprint density at radius 1 is 1.19 bits per heavy atom. The van der Waals surface area contributed by atoms with E-state index in [1.54, 1.807) is 31.2 Å². The zero-order valence-corrected chi connectivity index (χ0v) is 15.5. The molecular weight excluding hydrogens is 364 g/mol. The van der Waals surface area contributed by atoms with E-state index in [0.717, 1.165) is 15.8 Å². The Balaban J connectivity index is 1.52. The van der Waals surface area contributed by atoms with Crippen molar-refractivity contribution in [2.24, 2.45) is 0 Å². The minimum atomic E-state index is -0.286. The Morgan fingerprint density at radius 3 is 2.85 bits per heavy atom. The van der Waals surface area contributed by atoms with Gasteiger partial charge in [0, 0.05) is 6.92 Å². The molecule has 2 aromatic heterocycles. The van der Waals surface area contributed by atoms with Crippen LogP contribution in [0.5, 0.6) is 5.75 Å². The quantitative estimate of drug-likeness (QED) is 0.560. The first-order chi connectivity index (χ1) is 13.1. The van der Waals surface area contributed by atoms with Gasteiger partial charge in [0.15, 0.2) is 11.7 Å². The number of rotatable bonds is 5. The number of thiazole rings is 1. The molecule has 0 unspecified atom stereocenters. The summed E-state index contributed by atoms with van der Waals surface area (Å²) in [5.74, 6) is 1.04. The topological polar surface area (TPSA) is 90.1 Å². The highest BCUT2D eigenvalue weighted by molar-refractivity contribution is 7.22. The summed E-state index contributed by atoms with van der Waals surface area (Å²) in [6.07, 6.45) is 0. The van der Waals surface area contributed by atoms with Gasteiger partial charge in [-0.15, -0.1) is 0 Å². The van der Waals surface area contributed by atoms with Crippen LogP contribution in [0.25, 0.3) is 10.2 Å². The molecule has 2 heterocycles. The van der Waals surface area contributed by atoms with Crippen LogP contribution >= 0.6 is 11.3 Å². The molecule has 8 heteroatoms. The fourth-order valence-electron chi connectivity index (χ4n) is 2.57. The van der Waals surface area contributed by atoms with Gasteiger partial charge in [0.05, 0.1) is 15.8 Å². The maximum absolute atomic E-state index is 12.7. The molecule has 0 bridgehead atoms. The zero-order chi connectivity index (χ0) is 18.8. The molecule has 0 saturated carbocycles. The summed E-state index contributed by atoms with van der Waals surface area (Å²) in [6, 6.07) is 13.0. The fourth-order valence-corrected chi connectivity index (χ4v) is 3.53. The summed E-state index contributed by atoms with van der Waals surface area (Å²) in [6.45, 7) is 3.84. The summed E-state index contributed by atoms with van der Waals surface area (Å²) in [5.41, 5.74) is 2.42. The van der Waals surface area contributed by atoms with Gasteiger partial charge in [0.25, 0.3) is 5.91 Å². The number of benzene rings is 2. The van der Waals surface area contributed by atoms with Gasteiger partial charge in [-0.1, -0.05) is 34.7 Å². The largest absolute Gasteiger partial charge is 0.485 e. The van der Waals surface area contributed by atoms with Crippen molar-refractivity contribution in [2.45, 2.75) is 20.5 Å². The number of aromatic nitrogens is 3. The van der Waals surface area contributed by atoms with Crippen molar-refractivity contribution in [1.29, 1.82) is 0 Å². The monoisotopic (exact) mass is 380 g/mol. The second-order valence-electron chi connectivity index (χ2n) is 5.96. The molecule has 4 rings (SSSR count). The van der Waals surface area contributed by atoms with Gasteiger partial charge in [-0.2, -0.15) is 4.98 Å². The van der Waals surface area contributed by atoms with E-state index in [-0.39, 0.29) is 12.5 Å². The van der Waals surface area contributed by atoms with Crippen molar-refractivity contribution in [3.63, 3.8) is 0 Å². The zero-order valence-electron chi connectivity index (χ0n) is 14.7. The predicted octanol–water partition coefficient (Wildman–Crippen LogP) is 4.13. The minimum Gasteiger partial charge on any atom is -0.485 e. The molecule has 0 aliphatic heterocycles. The Labute approximate surface area is 159 Å². The van der Waals surface area contributed by atoms with Crippen molar-refractivity contribution in [1.82, 2.24) is 15.1 Å². The third-order valence-corrected chi connectivity index (χ3v) is 4.76. The SMILES string of the molecule is Cc1ccc2nc(NC(=O)c3ccccc3OCc3noc(C)n3)sc2c1. The van der Waals surface area contributed by atoms with Crippen LogP contribution in [0.15, 0.2) is 47.0 Å². The van der Waals surface area contributed by atoms with E-state index in [1.165, 1.54) is 11.3 Å². The van der Waals surface area contributed by atoms with Gasteiger partial charge in [-0.25, -0.2) is 4.98 Å². The first kappa shape index (κ1) is 17.2. The van der Waals surface area contributed by atoms with Crippen molar-refractivity contribution in [3.8, 4) is 5.75 Å². The van der Waals surface area contributed by atoms with E-state index < -0.39 is 0 Å². The van der Waals surface area contributed by atoms with Crippen LogP contribution in [0.1, 0.15) is 27.6 Å². The summed E-state index contributed by atoms with van der Waals surface area (Å²) in [7, 11) is 0. The van der Waals surface area contributed by atoms with Gasteiger partial charge < -0.3 is 9.26 Å². The number of anilines is 1. The molecular formula is C19H16N4O3S. The molecule has 4 aromatic rings. The second-order valence-corrected chi connectivity index (χ2v) is 6.99. The van der Waals surface area contributed by atoms with E-state index in [1.807, 2.05) is 25.1 Å². The van der Waals surface area contributed by atoms with Crippen LogP contribution in [-0.4, -0.2) is 21.0 Å². The van der Waals surface area contributed by atoms with Crippen LogP contribution in [0.3, 0.4) is 0 Å². The van der Waals surface area contributed by atoms with E-state index in [4.69, 9.17) is 9.26 Å². The van der Waals surface area contributed by atoms with Gasteiger partial charge >= 0.3 is 0 Å². The number of nitrogens with one attached hydrogen (secondary N) is 1. The Bertz CT molecular complexity index is 1120. The fraction of sp³-hybridized carbons (Fsp3) is 0.158. The van der Waals surface area contributed by atoms with Crippen molar-refractivity contribution < 1.29 is 14.1 Å². The number of para-hydroxylation sites is 1. The lowest BCUT2D eigenvalue weighted by molar-refractivity contribution is 0.102. The van der Waals surface area contributed by atoms with Crippen molar-refractivity contribution >= 4 is 32.6 Å². The predicted molar refractivity (Wildman–Crippen MR) is 102 cm³/mol. The van der Waals surface area contributed by atoms with Gasteiger partial charge in [-0.05, 0) is 36.8 Å². The third kappa shape index (κ3) is 3.80. The van der Waals surface area contributed by atoms with E-state index in [0.29, 0.717) is 28.2 Å². The highest BCUT2D eigenvalue weighted by Crippen LogP contribution is 2.28. The van der Waals surface area contributed by atoms with Crippen LogP contribution in [0.2, 0.25) is 0 Å². The van der Waals surface area contributed by atoms with Gasteiger partial charge in [0.2, 0.25) is 11.7 Å². The second kappa shape index (κ2) is 7.16. The normalized spacial score (nSPS) is 10.9. The molecule has 0 aliphatic rings. The number of nitrogens with zero attached hydrogens (tertiary/aromatic N) is 3. The molecule has 0 spiro atoms.